The van der Waals surface area contributed by atoms with E-state index in [4.69, 9.17) is 5.73 Å². The Kier molecular flexibility index (Phi) is 3.40. The summed E-state index contributed by atoms with van der Waals surface area (Å²) in [6.45, 7) is 4.61. The van der Waals surface area contributed by atoms with Crippen molar-refractivity contribution in [3.63, 3.8) is 0 Å². The average molecular weight is 244 g/mol. The minimum atomic E-state index is 0.337. The van der Waals surface area contributed by atoms with Crippen LogP contribution in [0.25, 0.3) is 0 Å². The van der Waals surface area contributed by atoms with Crippen molar-refractivity contribution in [2.75, 3.05) is 13.1 Å². The van der Waals surface area contributed by atoms with Gasteiger partial charge in [-0.15, -0.1) is 0 Å². The molecular formula is C16H24N2. The molecule has 0 saturated carbocycles. The lowest BCUT2D eigenvalue weighted by molar-refractivity contribution is 0.113. The Bertz CT molecular complexity index is 413. The summed E-state index contributed by atoms with van der Waals surface area (Å²) in [5.74, 6) is 0.687. The highest BCUT2D eigenvalue weighted by atomic mass is 15.2. The molecule has 0 radical (unpaired) electrons. The van der Waals surface area contributed by atoms with Crippen LogP contribution in [0.4, 0.5) is 0 Å². The van der Waals surface area contributed by atoms with Crippen LogP contribution in [0.2, 0.25) is 0 Å². The maximum Gasteiger partial charge on any atom is 0.0354 e. The molecule has 3 atom stereocenters. The first-order valence-corrected chi connectivity index (χ1v) is 7.33. The fourth-order valence-corrected chi connectivity index (χ4v) is 3.67. The Morgan fingerprint density at radius 1 is 1.28 bits per heavy atom. The van der Waals surface area contributed by atoms with Crippen molar-refractivity contribution in [3.8, 4) is 0 Å². The molecule has 1 aromatic carbocycles. The van der Waals surface area contributed by atoms with E-state index in [0.717, 1.165) is 0 Å². The van der Waals surface area contributed by atoms with E-state index < -0.39 is 0 Å². The molecule has 3 unspecified atom stereocenters. The zero-order valence-corrected chi connectivity index (χ0v) is 11.3. The van der Waals surface area contributed by atoms with Crippen molar-refractivity contribution in [1.29, 1.82) is 0 Å². The Labute approximate surface area is 110 Å². The summed E-state index contributed by atoms with van der Waals surface area (Å²) in [6.07, 6.45) is 5.17. The third kappa shape index (κ3) is 2.19. The molecule has 1 heterocycles. The first-order valence-electron chi connectivity index (χ1n) is 7.33. The molecule has 1 aliphatic carbocycles. The van der Waals surface area contributed by atoms with E-state index in [2.05, 4.69) is 36.1 Å². The second-order valence-corrected chi connectivity index (χ2v) is 6.01. The molecule has 3 rings (SSSR count). The normalized spacial score (nSPS) is 30.1. The number of nitrogens with two attached hydrogens (primary N) is 1. The molecule has 0 spiro atoms. The zero-order chi connectivity index (χ0) is 12.5. The summed E-state index contributed by atoms with van der Waals surface area (Å²) in [5.41, 5.74) is 9.23. The van der Waals surface area contributed by atoms with Crippen LogP contribution in [0, 0.1) is 5.92 Å². The summed E-state index contributed by atoms with van der Waals surface area (Å²) in [6, 6.07) is 9.96. The van der Waals surface area contributed by atoms with Crippen molar-refractivity contribution in [2.45, 2.75) is 44.7 Å². The number of hydrogen-bond donors (Lipinski definition) is 1. The van der Waals surface area contributed by atoms with E-state index in [1.54, 1.807) is 11.1 Å². The number of nitrogens with zero attached hydrogens (tertiary/aromatic N) is 1. The van der Waals surface area contributed by atoms with Gasteiger partial charge in [0.25, 0.3) is 0 Å². The Morgan fingerprint density at radius 3 is 2.94 bits per heavy atom. The van der Waals surface area contributed by atoms with Crippen LogP contribution in [0.5, 0.6) is 0 Å². The lowest BCUT2D eigenvalue weighted by Crippen LogP contribution is -2.43. The monoisotopic (exact) mass is 244 g/mol. The molecule has 18 heavy (non-hydrogen) atoms. The Morgan fingerprint density at radius 2 is 2.11 bits per heavy atom. The fraction of sp³-hybridized carbons (Fsp3) is 0.625. The van der Waals surface area contributed by atoms with Crippen LogP contribution in [0.1, 0.15) is 43.4 Å². The van der Waals surface area contributed by atoms with Crippen LogP contribution >= 0.6 is 0 Å². The number of likely N-dealkylation sites (tertiary alicyclic amines) is 1. The average Bonchev–Trinajstić information content (AvgIpc) is 2.82. The van der Waals surface area contributed by atoms with Gasteiger partial charge in [0.05, 0.1) is 0 Å². The Balaban J connectivity index is 1.76. The van der Waals surface area contributed by atoms with Gasteiger partial charge in [-0.25, -0.2) is 0 Å². The van der Waals surface area contributed by atoms with Crippen molar-refractivity contribution >= 4 is 0 Å². The highest BCUT2D eigenvalue weighted by molar-refractivity contribution is 5.34. The van der Waals surface area contributed by atoms with Crippen molar-refractivity contribution in [3.05, 3.63) is 35.4 Å². The number of fused-ring (bicyclic) bond motifs is 1. The predicted octanol–water partition coefficient (Wildman–Crippen LogP) is 2.73. The molecular weight excluding hydrogens is 220 g/mol. The molecule has 2 aliphatic rings. The van der Waals surface area contributed by atoms with Gasteiger partial charge < -0.3 is 5.73 Å². The maximum absolute atomic E-state index is 6.10. The van der Waals surface area contributed by atoms with Gasteiger partial charge in [0.1, 0.15) is 0 Å². The zero-order valence-electron chi connectivity index (χ0n) is 11.3. The second kappa shape index (κ2) is 5.02. The third-order valence-electron chi connectivity index (χ3n) is 4.77. The van der Waals surface area contributed by atoms with Crippen LogP contribution in [0.3, 0.4) is 0 Å². The fourth-order valence-electron chi connectivity index (χ4n) is 3.67. The van der Waals surface area contributed by atoms with Crippen LogP contribution in [-0.4, -0.2) is 24.0 Å². The first-order chi connectivity index (χ1) is 8.75. The van der Waals surface area contributed by atoms with Gasteiger partial charge in [0.15, 0.2) is 0 Å². The third-order valence-corrected chi connectivity index (χ3v) is 4.77. The number of benzene rings is 1. The summed E-state index contributed by atoms with van der Waals surface area (Å²) < 4.78 is 0. The molecule has 1 fully saturated rings. The molecule has 1 aliphatic heterocycles. The molecule has 0 aromatic heterocycles. The highest BCUT2D eigenvalue weighted by Gasteiger charge is 2.31. The molecule has 2 heteroatoms. The van der Waals surface area contributed by atoms with Gasteiger partial charge in [0, 0.05) is 18.6 Å². The van der Waals surface area contributed by atoms with Gasteiger partial charge in [-0.1, -0.05) is 24.3 Å². The topological polar surface area (TPSA) is 29.3 Å². The van der Waals surface area contributed by atoms with Crippen LogP contribution in [0.15, 0.2) is 24.3 Å². The SMILES string of the molecule is CC(N)C1CCCN(C2CCc3ccccc32)C1. The minimum absolute atomic E-state index is 0.337. The maximum atomic E-state index is 6.10. The smallest absolute Gasteiger partial charge is 0.0354 e. The van der Waals surface area contributed by atoms with Gasteiger partial charge >= 0.3 is 0 Å². The van der Waals surface area contributed by atoms with E-state index in [1.807, 2.05) is 0 Å². The molecule has 1 aromatic rings. The van der Waals surface area contributed by atoms with Crippen LogP contribution < -0.4 is 5.73 Å². The highest BCUT2D eigenvalue weighted by Crippen LogP contribution is 2.37. The Hall–Kier alpha value is -0.860. The number of aryl methyl sites for hydroxylation is 1. The molecule has 2 N–H and O–H groups in total. The lowest BCUT2D eigenvalue weighted by Gasteiger charge is -2.38. The van der Waals surface area contributed by atoms with E-state index in [-0.39, 0.29) is 0 Å². The van der Waals surface area contributed by atoms with Crippen molar-refractivity contribution < 1.29 is 0 Å². The van der Waals surface area contributed by atoms with Gasteiger partial charge in [-0.2, -0.15) is 0 Å². The standard InChI is InChI=1S/C16H24N2/c1-12(17)14-6-4-10-18(11-14)16-9-8-13-5-2-3-7-15(13)16/h2-3,5,7,12,14,16H,4,6,8-11,17H2,1H3. The summed E-state index contributed by atoms with van der Waals surface area (Å²) in [5, 5.41) is 0. The molecule has 98 valence electrons. The van der Waals surface area contributed by atoms with E-state index in [0.29, 0.717) is 18.0 Å². The van der Waals surface area contributed by atoms with Gasteiger partial charge in [-0.3, -0.25) is 4.90 Å². The van der Waals surface area contributed by atoms with Gasteiger partial charge in [-0.05, 0) is 56.2 Å². The summed E-state index contributed by atoms with van der Waals surface area (Å²) in [7, 11) is 0. The van der Waals surface area contributed by atoms with E-state index in [1.165, 1.54) is 38.8 Å². The summed E-state index contributed by atoms with van der Waals surface area (Å²) >= 11 is 0. The van der Waals surface area contributed by atoms with E-state index in [9.17, 15) is 0 Å². The quantitative estimate of drug-likeness (QED) is 0.866. The number of hydrogen-bond acceptors (Lipinski definition) is 2. The number of rotatable bonds is 2. The van der Waals surface area contributed by atoms with Gasteiger partial charge in [0.2, 0.25) is 0 Å². The predicted molar refractivity (Wildman–Crippen MR) is 75.5 cm³/mol. The van der Waals surface area contributed by atoms with Crippen molar-refractivity contribution in [1.82, 2.24) is 4.90 Å². The molecule has 2 nitrogen and oxygen atoms in total. The summed E-state index contributed by atoms with van der Waals surface area (Å²) in [4.78, 5) is 2.68. The molecule has 0 bridgehead atoms. The van der Waals surface area contributed by atoms with Crippen molar-refractivity contribution in [2.24, 2.45) is 11.7 Å². The largest absolute Gasteiger partial charge is 0.328 e. The second-order valence-electron chi connectivity index (χ2n) is 6.01. The van der Waals surface area contributed by atoms with Crippen LogP contribution in [-0.2, 0) is 6.42 Å². The first kappa shape index (κ1) is 12.2. The number of piperidine rings is 1. The molecule has 1 saturated heterocycles. The lowest BCUT2D eigenvalue weighted by atomic mass is 9.90. The molecule has 0 amide bonds. The van der Waals surface area contributed by atoms with E-state index >= 15 is 0 Å². The minimum Gasteiger partial charge on any atom is -0.328 e.